The van der Waals surface area contributed by atoms with Crippen LogP contribution in [-0.4, -0.2) is 48.4 Å². The van der Waals surface area contributed by atoms with Gasteiger partial charge in [-0.15, -0.1) is 12.4 Å². The molecule has 2 aliphatic heterocycles. The van der Waals surface area contributed by atoms with Crippen LogP contribution in [0, 0.1) is 5.92 Å². The van der Waals surface area contributed by atoms with Crippen LogP contribution in [0.1, 0.15) is 44.9 Å². The van der Waals surface area contributed by atoms with E-state index in [2.05, 4.69) is 10.6 Å². The van der Waals surface area contributed by atoms with Crippen LogP contribution in [0.4, 0.5) is 0 Å². The summed E-state index contributed by atoms with van der Waals surface area (Å²) < 4.78 is 0. The lowest BCUT2D eigenvalue weighted by Gasteiger charge is -2.35. The Labute approximate surface area is 132 Å². The van der Waals surface area contributed by atoms with Gasteiger partial charge in [0.2, 0.25) is 11.8 Å². The van der Waals surface area contributed by atoms with Gasteiger partial charge in [0.05, 0.1) is 6.04 Å². The summed E-state index contributed by atoms with van der Waals surface area (Å²) in [6.45, 7) is 2.53. The Morgan fingerprint density at radius 2 is 1.71 bits per heavy atom. The zero-order valence-corrected chi connectivity index (χ0v) is 13.3. The second kappa shape index (κ2) is 7.45. The average molecular weight is 316 g/mol. The van der Waals surface area contributed by atoms with Gasteiger partial charge in [-0.05, 0) is 45.1 Å². The van der Waals surface area contributed by atoms with Crippen molar-refractivity contribution >= 4 is 24.2 Å². The van der Waals surface area contributed by atoms with Crippen molar-refractivity contribution in [2.75, 3.05) is 19.6 Å². The smallest absolute Gasteiger partial charge is 0.239 e. The number of amides is 2. The van der Waals surface area contributed by atoms with Crippen molar-refractivity contribution in [1.82, 2.24) is 15.5 Å². The molecule has 2 saturated heterocycles. The lowest BCUT2D eigenvalue weighted by atomic mass is 10.0. The Balaban J connectivity index is 0.00000161. The van der Waals surface area contributed by atoms with Crippen molar-refractivity contribution in [2.24, 2.45) is 5.92 Å². The van der Waals surface area contributed by atoms with Crippen LogP contribution >= 0.6 is 12.4 Å². The number of hydrogen-bond acceptors (Lipinski definition) is 3. The molecule has 0 aromatic heterocycles. The fraction of sp³-hybridized carbons (Fsp3) is 0.867. The predicted molar refractivity (Wildman–Crippen MR) is 83.4 cm³/mol. The molecule has 1 saturated carbocycles. The molecule has 0 radical (unpaired) electrons. The molecule has 3 aliphatic rings. The van der Waals surface area contributed by atoms with Crippen molar-refractivity contribution in [1.29, 1.82) is 0 Å². The minimum absolute atomic E-state index is 0. The molecular formula is C15H26ClN3O2. The van der Waals surface area contributed by atoms with Gasteiger partial charge in [0.25, 0.3) is 0 Å². The Morgan fingerprint density at radius 1 is 1.00 bits per heavy atom. The summed E-state index contributed by atoms with van der Waals surface area (Å²) in [5.41, 5.74) is 0. The van der Waals surface area contributed by atoms with Crippen molar-refractivity contribution in [3.8, 4) is 0 Å². The van der Waals surface area contributed by atoms with E-state index in [4.69, 9.17) is 0 Å². The van der Waals surface area contributed by atoms with E-state index in [1.807, 2.05) is 4.90 Å². The maximum atomic E-state index is 12.4. The number of rotatable bonds is 3. The van der Waals surface area contributed by atoms with E-state index < -0.39 is 0 Å². The molecule has 2 N–H and O–H groups in total. The van der Waals surface area contributed by atoms with Crippen LogP contribution in [0.3, 0.4) is 0 Å². The van der Waals surface area contributed by atoms with Gasteiger partial charge < -0.3 is 15.5 Å². The number of piperidine rings is 2. The SMILES string of the molecule is Cl.O=C(NC1CCN(C(=O)[C@H]2CCCCN2)CC1)C1CC1. The Hall–Kier alpha value is -0.810. The third-order valence-electron chi connectivity index (χ3n) is 4.71. The summed E-state index contributed by atoms with van der Waals surface area (Å²) in [7, 11) is 0. The van der Waals surface area contributed by atoms with Crippen LogP contribution in [0.5, 0.6) is 0 Å². The van der Waals surface area contributed by atoms with Crippen molar-refractivity contribution < 1.29 is 9.59 Å². The van der Waals surface area contributed by atoms with Gasteiger partial charge in [0, 0.05) is 25.0 Å². The van der Waals surface area contributed by atoms with E-state index in [0.717, 1.165) is 58.2 Å². The highest BCUT2D eigenvalue weighted by molar-refractivity contribution is 5.85. The molecule has 0 unspecified atom stereocenters. The molecule has 3 fully saturated rings. The summed E-state index contributed by atoms with van der Waals surface area (Å²) in [5, 5.41) is 6.45. The number of likely N-dealkylation sites (tertiary alicyclic amines) is 1. The molecule has 1 atom stereocenters. The average Bonchev–Trinajstić information content (AvgIpc) is 3.33. The molecule has 2 amide bonds. The molecular weight excluding hydrogens is 290 g/mol. The monoisotopic (exact) mass is 315 g/mol. The van der Waals surface area contributed by atoms with Gasteiger partial charge in [-0.25, -0.2) is 0 Å². The lowest BCUT2D eigenvalue weighted by Crippen LogP contribution is -2.53. The Bertz CT molecular complexity index is 373. The summed E-state index contributed by atoms with van der Waals surface area (Å²) in [4.78, 5) is 26.1. The number of carbonyl (C=O) groups is 2. The minimum Gasteiger partial charge on any atom is -0.353 e. The second-order valence-corrected chi connectivity index (χ2v) is 6.38. The quantitative estimate of drug-likeness (QED) is 0.819. The van der Waals surface area contributed by atoms with Gasteiger partial charge in [0.1, 0.15) is 0 Å². The number of hydrogen-bond donors (Lipinski definition) is 2. The molecule has 0 aromatic carbocycles. The third-order valence-corrected chi connectivity index (χ3v) is 4.71. The lowest BCUT2D eigenvalue weighted by molar-refractivity contribution is -0.135. The van der Waals surface area contributed by atoms with E-state index in [1.54, 1.807) is 0 Å². The summed E-state index contributed by atoms with van der Waals surface area (Å²) in [6.07, 6.45) is 7.20. The molecule has 5 nitrogen and oxygen atoms in total. The maximum Gasteiger partial charge on any atom is 0.239 e. The first-order valence-corrected chi connectivity index (χ1v) is 8.06. The summed E-state index contributed by atoms with van der Waals surface area (Å²) in [6, 6.07) is 0.299. The zero-order valence-electron chi connectivity index (χ0n) is 12.5. The highest BCUT2D eigenvalue weighted by Crippen LogP contribution is 2.29. The number of nitrogens with one attached hydrogen (secondary N) is 2. The van der Waals surface area contributed by atoms with E-state index >= 15 is 0 Å². The Morgan fingerprint density at radius 3 is 2.29 bits per heavy atom. The highest BCUT2D eigenvalue weighted by Gasteiger charge is 2.33. The van der Waals surface area contributed by atoms with Gasteiger partial charge in [-0.2, -0.15) is 0 Å². The van der Waals surface area contributed by atoms with Crippen LogP contribution in [0.15, 0.2) is 0 Å². The normalized spacial score (nSPS) is 26.9. The van der Waals surface area contributed by atoms with Gasteiger partial charge in [0.15, 0.2) is 0 Å². The van der Waals surface area contributed by atoms with Crippen LogP contribution in [0.25, 0.3) is 0 Å². The highest BCUT2D eigenvalue weighted by atomic mass is 35.5. The fourth-order valence-corrected chi connectivity index (χ4v) is 3.19. The molecule has 0 bridgehead atoms. The summed E-state index contributed by atoms with van der Waals surface area (Å²) in [5.74, 6) is 0.765. The second-order valence-electron chi connectivity index (χ2n) is 6.38. The molecule has 2 heterocycles. The zero-order chi connectivity index (χ0) is 13.9. The van der Waals surface area contributed by atoms with E-state index in [-0.39, 0.29) is 42.2 Å². The molecule has 120 valence electrons. The largest absolute Gasteiger partial charge is 0.353 e. The van der Waals surface area contributed by atoms with E-state index in [0.29, 0.717) is 0 Å². The van der Waals surface area contributed by atoms with E-state index in [9.17, 15) is 9.59 Å². The maximum absolute atomic E-state index is 12.4. The topological polar surface area (TPSA) is 61.4 Å². The van der Waals surface area contributed by atoms with Crippen molar-refractivity contribution in [3.05, 3.63) is 0 Å². The molecule has 1 aliphatic carbocycles. The van der Waals surface area contributed by atoms with Crippen LogP contribution in [-0.2, 0) is 9.59 Å². The van der Waals surface area contributed by atoms with Gasteiger partial charge >= 0.3 is 0 Å². The predicted octanol–water partition coefficient (Wildman–Crippen LogP) is 1.07. The standard InChI is InChI=1S/C15H25N3O2.ClH/c19-14(11-4-5-11)17-12-6-9-18(10-7-12)15(20)13-3-1-2-8-16-13;/h11-13,16H,1-10H2,(H,17,19);1H/t13-;/m1./s1. The fourth-order valence-electron chi connectivity index (χ4n) is 3.19. The first-order valence-electron chi connectivity index (χ1n) is 8.06. The van der Waals surface area contributed by atoms with Crippen LogP contribution < -0.4 is 10.6 Å². The number of carbonyl (C=O) groups excluding carboxylic acids is 2. The summed E-state index contributed by atoms with van der Waals surface area (Å²) >= 11 is 0. The van der Waals surface area contributed by atoms with Gasteiger partial charge in [-0.1, -0.05) is 6.42 Å². The molecule has 3 rings (SSSR count). The van der Waals surface area contributed by atoms with E-state index in [1.165, 1.54) is 6.42 Å². The Kier molecular flexibility index (Phi) is 5.88. The molecule has 0 aromatic rings. The first kappa shape index (κ1) is 16.6. The molecule has 6 heteroatoms. The first-order chi connectivity index (χ1) is 9.74. The van der Waals surface area contributed by atoms with Crippen molar-refractivity contribution in [3.63, 3.8) is 0 Å². The third kappa shape index (κ3) is 4.33. The van der Waals surface area contributed by atoms with Crippen LogP contribution in [0.2, 0.25) is 0 Å². The molecule has 21 heavy (non-hydrogen) atoms. The molecule has 0 spiro atoms. The van der Waals surface area contributed by atoms with Crippen molar-refractivity contribution in [2.45, 2.75) is 57.0 Å². The minimum atomic E-state index is 0. The number of nitrogens with zero attached hydrogens (tertiary/aromatic N) is 1. The van der Waals surface area contributed by atoms with Gasteiger partial charge in [-0.3, -0.25) is 9.59 Å². The number of halogens is 1.